The van der Waals surface area contributed by atoms with Gasteiger partial charge in [0.05, 0.1) is 0 Å². The van der Waals surface area contributed by atoms with E-state index in [1.807, 2.05) is 0 Å². The highest BCUT2D eigenvalue weighted by molar-refractivity contribution is 5.07. The molecule has 0 bridgehead atoms. The molecule has 0 amide bonds. The van der Waals surface area contributed by atoms with Gasteiger partial charge in [0.2, 0.25) is 0 Å². The van der Waals surface area contributed by atoms with Gasteiger partial charge in [-0.25, -0.2) is 8.78 Å². The summed E-state index contributed by atoms with van der Waals surface area (Å²) < 4.78 is 24.2. The van der Waals surface area contributed by atoms with Crippen molar-refractivity contribution in [3.8, 4) is 0 Å². The second-order valence-electron chi connectivity index (χ2n) is 2.65. The minimum Gasteiger partial charge on any atom is -0.330 e. The number of nitrogens with two attached hydrogens (primary N) is 1. The number of hydrogen-bond donors (Lipinski definition) is 1. The highest BCUT2D eigenvalue weighted by Gasteiger charge is 2.66. The van der Waals surface area contributed by atoms with Crippen molar-refractivity contribution in [2.75, 3.05) is 6.54 Å². The average Bonchev–Trinajstić information content (AvgIpc) is 2.10. The molecule has 1 saturated carbocycles. The molecule has 8 heavy (non-hydrogen) atoms. The fourth-order valence-corrected chi connectivity index (χ4v) is 0.667. The Kier molecular flexibility index (Phi) is 0.899. The maximum Gasteiger partial charge on any atom is 0.255 e. The van der Waals surface area contributed by atoms with Crippen LogP contribution in [0.15, 0.2) is 0 Å². The van der Waals surface area contributed by atoms with Crippen LogP contribution in [0.3, 0.4) is 0 Å². The van der Waals surface area contributed by atoms with Crippen molar-refractivity contribution in [3.63, 3.8) is 0 Å². The maximum absolute atomic E-state index is 12.1. The van der Waals surface area contributed by atoms with Gasteiger partial charge in [0.25, 0.3) is 5.92 Å². The third-order valence-corrected chi connectivity index (χ3v) is 1.82. The largest absolute Gasteiger partial charge is 0.330 e. The molecule has 0 radical (unpaired) electrons. The Morgan fingerprint density at radius 2 is 2.00 bits per heavy atom. The lowest BCUT2D eigenvalue weighted by molar-refractivity contribution is 0.0729. The van der Waals surface area contributed by atoms with Crippen LogP contribution < -0.4 is 5.73 Å². The first-order valence-corrected chi connectivity index (χ1v) is 2.60. The molecule has 1 nitrogen and oxygen atoms in total. The van der Waals surface area contributed by atoms with Crippen LogP contribution in [0.5, 0.6) is 0 Å². The Balaban J connectivity index is 2.55. The first kappa shape index (κ1) is 5.95. The maximum atomic E-state index is 12.1. The van der Waals surface area contributed by atoms with Crippen LogP contribution in [-0.2, 0) is 0 Å². The third kappa shape index (κ3) is 0.540. The summed E-state index contributed by atoms with van der Waals surface area (Å²) in [5, 5.41) is 0. The molecule has 1 aliphatic rings. The van der Waals surface area contributed by atoms with Crippen molar-refractivity contribution < 1.29 is 8.78 Å². The molecule has 0 aromatic carbocycles. The monoisotopic (exact) mass is 121 g/mol. The summed E-state index contributed by atoms with van der Waals surface area (Å²) in [7, 11) is 0. The van der Waals surface area contributed by atoms with Crippen molar-refractivity contribution in [2.24, 2.45) is 11.1 Å². The molecule has 0 spiro atoms. The van der Waals surface area contributed by atoms with Gasteiger partial charge >= 0.3 is 0 Å². The highest BCUT2D eigenvalue weighted by Crippen LogP contribution is 2.59. The highest BCUT2D eigenvalue weighted by atomic mass is 19.3. The van der Waals surface area contributed by atoms with Crippen LogP contribution in [0.25, 0.3) is 0 Å². The zero-order valence-electron chi connectivity index (χ0n) is 4.75. The summed E-state index contributed by atoms with van der Waals surface area (Å²) in [5.41, 5.74) is 4.20. The minimum atomic E-state index is -2.47. The summed E-state index contributed by atoms with van der Waals surface area (Å²) in [6, 6.07) is 0. The molecule has 1 atom stereocenters. The van der Waals surface area contributed by atoms with Gasteiger partial charge in [-0.15, -0.1) is 0 Å². The first-order valence-electron chi connectivity index (χ1n) is 2.60. The number of alkyl halides is 2. The Bertz CT molecular complexity index is 113. The summed E-state index contributed by atoms with van der Waals surface area (Å²) in [6.45, 7) is 1.60. The summed E-state index contributed by atoms with van der Waals surface area (Å²) in [4.78, 5) is 0. The van der Waals surface area contributed by atoms with E-state index >= 15 is 0 Å². The topological polar surface area (TPSA) is 26.0 Å². The second kappa shape index (κ2) is 1.21. The quantitative estimate of drug-likeness (QED) is 0.550. The molecule has 2 N–H and O–H groups in total. The van der Waals surface area contributed by atoms with Crippen LogP contribution in [0.4, 0.5) is 8.78 Å². The van der Waals surface area contributed by atoms with Gasteiger partial charge in [0.1, 0.15) is 0 Å². The van der Waals surface area contributed by atoms with Gasteiger partial charge in [-0.2, -0.15) is 0 Å². The molecule has 0 aromatic heterocycles. The molecule has 0 heterocycles. The van der Waals surface area contributed by atoms with Crippen molar-refractivity contribution in [1.82, 2.24) is 0 Å². The van der Waals surface area contributed by atoms with Crippen LogP contribution in [0.2, 0.25) is 0 Å². The van der Waals surface area contributed by atoms with Crippen LogP contribution in [-0.4, -0.2) is 12.5 Å². The molecule has 3 heteroatoms. The van der Waals surface area contributed by atoms with Crippen LogP contribution in [0, 0.1) is 5.41 Å². The predicted molar refractivity (Wildman–Crippen MR) is 26.7 cm³/mol. The normalized spacial score (nSPS) is 42.0. The van der Waals surface area contributed by atoms with E-state index in [2.05, 4.69) is 0 Å². The van der Waals surface area contributed by atoms with E-state index in [1.165, 1.54) is 6.92 Å². The van der Waals surface area contributed by atoms with E-state index in [1.54, 1.807) is 0 Å². The average molecular weight is 121 g/mol. The number of rotatable bonds is 1. The van der Waals surface area contributed by atoms with Crippen molar-refractivity contribution in [3.05, 3.63) is 0 Å². The minimum absolute atomic E-state index is 0.0312. The molecule has 0 aromatic rings. The molecule has 0 aliphatic heterocycles. The summed E-state index contributed by atoms with van der Waals surface area (Å²) in [6.07, 6.45) is -0.0312. The first-order chi connectivity index (χ1) is 3.52. The van der Waals surface area contributed by atoms with Gasteiger partial charge < -0.3 is 5.73 Å². The Hall–Kier alpha value is -0.180. The Morgan fingerprint density at radius 3 is 2.00 bits per heavy atom. The van der Waals surface area contributed by atoms with Gasteiger partial charge in [0.15, 0.2) is 0 Å². The van der Waals surface area contributed by atoms with E-state index in [4.69, 9.17) is 5.73 Å². The number of hydrogen-bond acceptors (Lipinski definition) is 1. The van der Waals surface area contributed by atoms with E-state index in [0.717, 1.165) is 0 Å². The van der Waals surface area contributed by atoms with Crippen molar-refractivity contribution in [2.45, 2.75) is 19.3 Å². The molecular formula is C5H9F2N. The van der Waals surface area contributed by atoms with E-state index < -0.39 is 11.3 Å². The van der Waals surface area contributed by atoms with Gasteiger partial charge in [0, 0.05) is 18.4 Å². The zero-order valence-corrected chi connectivity index (χ0v) is 4.75. The lowest BCUT2D eigenvalue weighted by atomic mass is 10.1. The fraction of sp³-hybridized carbons (Fsp3) is 1.00. The Labute approximate surface area is 46.9 Å². The zero-order chi connectivity index (χ0) is 6.41. The van der Waals surface area contributed by atoms with E-state index in [9.17, 15) is 8.78 Å². The second-order valence-corrected chi connectivity index (χ2v) is 2.65. The SMILES string of the molecule is CC1(CN)CC1(F)F. The molecule has 1 unspecified atom stereocenters. The van der Waals surface area contributed by atoms with Gasteiger partial charge in [-0.05, 0) is 0 Å². The molecule has 1 rings (SSSR count). The lowest BCUT2D eigenvalue weighted by Gasteiger charge is -2.02. The fourth-order valence-electron chi connectivity index (χ4n) is 0.667. The summed E-state index contributed by atoms with van der Waals surface area (Å²) in [5.74, 6) is -2.47. The molecule has 1 fully saturated rings. The molecule has 1 aliphatic carbocycles. The smallest absolute Gasteiger partial charge is 0.255 e. The van der Waals surface area contributed by atoms with E-state index in [0.29, 0.717) is 0 Å². The third-order valence-electron chi connectivity index (χ3n) is 1.82. The predicted octanol–water partition coefficient (Wildman–Crippen LogP) is 0.990. The van der Waals surface area contributed by atoms with E-state index in [-0.39, 0.29) is 13.0 Å². The van der Waals surface area contributed by atoms with Crippen molar-refractivity contribution in [1.29, 1.82) is 0 Å². The summed E-state index contributed by atoms with van der Waals surface area (Å²) >= 11 is 0. The van der Waals surface area contributed by atoms with Gasteiger partial charge in [-0.3, -0.25) is 0 Å². The molecule has 48 valence electrons. The van der Waals surface area contributed by atoms with Crippen LogP contribution in [0.1, 0.15) is 13.3 Å². The lowest BCUT2D eigenvalue weighted by Crippen LogP contribution is -2.18. The molecule has 0 saturated heterocycles. The molecular weight excluding hydrogens is 112 g/mol. The van der Waals surface area contributed by atoms with Gasteiger partial charge in [-0.1, -0.05) is 6.92 Å². The van der Waals surface area contributed by atoms with Crippen molar-refractivity contribution >= 4 is 0 Å². The Morgan fingerprint density at radius 1 is 1.62 bits per heavy atom. The van der Waals surface area contributed by atoms with Crippen LogP contribution >= 0.6 is 0 Å². The standard InChI is InChI=1S/C5H9F2N/c1-4(3-8)2-5(4,6)7/h2-3,8H2,1H3. The number of halogens is 2.